The summed E-state index contributed by atoms with van der Waals surface area (Å²) in [6.45, 7) is 5.67. The lowest BCUT2D eigenvalue weighted by Gasteiger charge is -2.21. The van der Waals surface area contributed by atoms with Gasteiger partial charge in [-0.05, 0) is 55.3 Å². The number of thiazole rings is 1. The summed E-state index contributed by atoms with van der Waals surface area (Å²) in [6, 6.07) is 14.0. The Kier molecular flexibility index (Phi) is 6.19. The van der Waals surface area contributed by atoms with Crippen LogP contribution in [0.4, 0.5) is 10.8 Å². The van der Waals surface area contributed by atoms with Crippen molar-refractivity contribution in [3.63, 3.8) is 0 Å². The molecule has 0 spiro atoms. The smallest absolute Gasteiger partial charge is 0.230 e. The molecule has 1 heterocycles. The van der Waals surface area contributed by atoms with Gasteiger partial charge in [0.1, 0.15) is 5.75 Å². The minimum atomic E-state index is -0.0348. The van der Waals surface area contributed by atoms with E-state index in [1.165, 1.54) is 11.3 Å². The quantitative estimate of drug-likeness (QED) is 0.496. The molecule has 3 aromatic rings. The Morgan fingerprint density at radius 2 is 1.93 bits per heavy atom. The molecule has 0 bridgehead atoms. The van der Waals surface area contributed by atoms with Gasteiger partial charge in [0.2, 0.25) is 5.91 Å². The van der Waals surface area contributed by atoms with Gasteiger partial charge in [0.05, 0.1) is 18.5 Å². The lowest BCUT2D eigenvalue weighted by atomic mass is 10.1. The second-order valence-electron chi connectivity index (χ2n) is 6.16. The molecule has 0 N–H and O–H groups in total. The van der Waals surface area contributed by atoms with Crippen LogP contribution in [0.2, 0.25) is 0 Å². The lowest BCUT2D eigenvalue weighted by Crippen LogP contribution is -2.23. The molecule has 0 radical (unpaired) electrons. The van der Waals surface area contributed by atoms with Crippen molar-refractivity contribution < 1.29 is 9.53 Å². The maximum atomic E-state index is 12.3. The Labute approximate surface area is 168 Å². The van der Waals surface area contributed by atoms with Crippen LogP contribution in [-0.4, -0.2) is 18.0 Å². The molecule has 0 fully saturated rings. The van der Waals surface area contributed by atoms with Crippen molar-refractivity contribution in [2.24, 2.45) is 0 Å². The topological polar surface area (TPSA) is 42.4 Å². The monoisotopic (exact) mass is 398 g/mol. The Balaban J connectivity index is 1.77. The molecule has 0 aliphatic heterocycles. The lowest BCUT2D eigenvalue weighted by molar-refractivity contribution is -0.115. The average Bonchev–Trinajstić information content (AvgIpc) is 3.12. The highest BCUT2D eigenvalue weighted by Gasteiger charge is 2.20. The third kappa shape index (κ3) is 4.51. The van der Waals surface area contributed by atoms with Crippen molar-refractivity contribution in [2.75, 3.05) is 12.0 Å². The number of aromatic nitrogens is 1. The number of carbonyl (C=O) groups excluding carboxylic acids is 1. The fourth-order valence-electron chi connectivity index (χ4n) is 2.68. The van der Waals surface area contributed by atoms with Crippen molar-refractivity contribution in [3.05, 3.63) is 64.7 Å². The Morgan fingerprint density at radius 1 is 1.19 bits per heavy atom. The van der Waals surface area contributed by atoms with Crippen molar-refractivity contribution >= 4 is 39.8 Å². The van der Waals surface area contributed by atoms with E-state index in [9.17, 15) is 4.79 Å². The van der Waals surface area contributed by atoms with Gasteiger partial charge in [-0.25, -0.2) is 4.98 Å². The molecule has 1 aromatic heterocycles. The molecule has 0 saturated heterocycles. The van der Waals surface area contributed by atoms with Crippen molar-refractivity contribution in [2.45, 2.75) is 31.4 Å². The van der Waals surface area contributed by atoms with E-state index in [1.807, 2.05) is 48.7 Å². The van der Waals surface area contributed by atoms with E-state index >= 15 is 0 Å². The highest BCUT2D eigenvalue weighted by molar-refractivity contribution is 7.98. The van der Waals surface area contributed by atoms with Crippen LogP contribution in [0.3, 0.4) is 0 Å². The van der Waals surface area contributed by atoms with Crippen LogP contribution in [0.15, 0.2) is 52.7 Å². The first-order chi connectivity index (χ1) is 13.0. The van der Waals surface area contributed by atoms with Crippen LogP contribution in [-0.2, 0) is 10.5 Å². The molecular weight excluding hydrogens is 376 g/mol. The second-order valence-corrected chi connectivity index (χ2v) is 8.04. The maximum absolute atomic E-state index is 12.3. The number of thioether (sulfide) groups is 1. The number of ether oxygens (including phenoxy) is 1. The van der Waals surface area contributed by atoms with Crippen molar-refractivity contribution in [1.82, 2.24) is 4.98 Å². The van der Waals surface area contributed by atoms with Gasteiger partial charge in [0.25, 0.3) is 0 Å². The molecule has 6 heteroatoms. The van der Waals surface area contributed by atoms with Gasteiger partial charge in [-0.3, -0.25) is 9.69 Å². The van der Waals surface area contributed by atoms with Crippen molar-refractivity contribution in [1.29, 1.82) is 0 Å². The summed E-state index contributed by atoms with van der Waals surface area (Å²) in [5, 5.41) is 2.73. The van der Waals surface area contributed by atoms with Gasteiger partial charge < -0.3 is 4.74 Å². The van der Waals surface area contributed by atoms with Crippen molar-refractivity contribution in [3.8, 4) is 5.75 Å². The predicted molar refractivity (Wildman–Crippen MR) is 113 cm³/mol. The van der Waals surface area contributed by atoms with E-state index in [0.717, 1.165) is 38.9 Å². The summed E-state index contributed by atoms with van der Waals surface area (Å²) in [4.78, 5) is 19.9. The number of methoxy groups -OCH3 is 1. The third-order valence-electron chi connectivity index (χ3n) is 4.31. The zero-order valence-corrected chi connectivity index (χ0v) is 17.5. The zero-order chi connectivity index (χ0) is 19.4. The first-order valence-electron chi connectivity index (χ1n) is 8.57. The number of nitrogens with zero attached hydrogens (tertiary/aromatic N) is 2. The fourth-order valence-corrected chi connectivity index (χ4v) is 4.46. The number of anilines is 2. The van der Waals surface area contributed by atoms with Crippen LogP contribution < -0.4 is 9.64 Å². The van der Waals surface area contributed by atoms with E-state index in [1.54, 1.807) is 30.7 Å². The van der Waals surface area contributed by atoms with Gasteiger partial charge in [0, 0.05) is 23.0 Å². The van der Waals surface area contributed by atoms with Crippen LogP contribution >= 0.6 is 23.1 Å². The van der Waals surface area contributed by atoms with Crippen LogP contribution in [0.5, 0.6) is 5.75 Å². The van der Waals surface area contributed by atoms with Gasteiger partial charge in [-0.1, -0.05) is 12.1 Å². The molecular formula is C21H22N2O2S2. The highest BCUT2D eigenvalue weighted by atomic mass is 32.2. The first-order valence-corrected chi connectivity index (χ1v) is 10.4. The molecule has 3 rings (SSSR count). The number of hydrogen-bond donors (Lipinski definition) is 0. The second kappa shape index (κ2) is 8.59. The van der Waals surface area contributed by atoms with E-state index in [2.05, 4.69) is 13.0 Å². The van der Waals surface area contributed by atoms with Crippen LogP contribution in [0, 0.1) is 13.8 Å². The molecule has 4 nitrogen and oxygen atoms in total. The molecule has 0 aliphatic rings. The summed E-state index contributed by atoms with van der Waals surface area (Å²) in [7, 11) is 1.66. The minimum absolute atomic E-state index is 0.0348. The Bertz CT molecular complexity index is 936. The SMILES string of the molecule is COc1ccc(SCc2csc(N(C(C)=O)c3cccc(C)c3C)n2)cc1. The van der Waals surface area contributed by atoms with Crippen LogP contribution in [0.25, 0.3) is 0 Å². The van der Waals surface area contributed by atoms with E-state index in [4.69, 9.17) is 9.72 Å². The number of carbonyl (C=O) groups is 1. The van der Waals surface area contributed by atoms with Gasteiger partial charge in [-0.15, -0.1) is 23.1 Å². The zero-order valence-electron chi connectivity index (χ0n) is 15.9. The molecule has 0 aliphatic carbocycles. The molecule has 2 aromatic carbocycles. The standard InChI is InChI=1S/C21H22N2O2S2/c1-14-6-5-7-20(15(14)2)23(16(3)24)21-22-17(13-27-21)12-26-19-10-8-18(25-4)9-11-19/h5-11,13H,12H2,1-4H3. The van der Waals surface area contributed by atoms with Gasteiger partial charge in [-0.2, -0.15) is 0 Å². The molecule has 0 atom stereocenters. The minimum Gasteiger partial charge on any atom is -0.497 e. The predicted octanol–water partition coefficient (Wildman–Crippen LogP) is 5.75. The summed E-state index contributed by atoms with van der Waals surface area (Å²) >= 11 is 3.21. The molecule has 1 amide bonds. The Morgan fingerprint density at radius 3 is 2.59 bits per heavy atom. The normalized spacial score (nSPS) is 10.7. The molecule has 0 saturated carbocycles. The summed E-state index contributed by atoms with van der Waals surface area (Å²) in [5.74, 6) is 1.56. The molecule has 140 valence electrons. The van der Waals surface area contributed by atoms with Crippen LogP contribution in [0.1, 0.15) is 23.7 Å². The number of amides is 1. The number of rotatable bonds is 6. The van der Waals surface area contributed by atoms with Gasteiger partial charge in [0.15, 0.2) is 5.13 Å². The van der Waals surface area contributed by atoms with E-state index in [-0.39, 0.29) is 5.91 Å². The first kappa shape index (κ1) is 19.5. The average molecular weight is 399 g/mol. The highest BCUT2D eigenvalue weighted by Crippen LogP contribution is 2.34. The van der Waals surface area contributed by atoms with Gasteiger partial charge >= 0.3 is 0 Å². The summed E-state index contributed by atoms with van der Waals surface area (Å²) < 4.78 is 5.19. The number of aryl methyl sites for hydroxylation is 1. The van der Waals surface area contributed by atoms with E-state index in [0.29, 0.717) is 5.13 Å². The molecule has 0 unspecified atom stereocenters. The van der Waals surface area contributed by atoms with E-state index < -0.39 is 0 Å². The number of benzene rings is 2. The molecule has 27 heavy (non-hydrogen) atoms. The maximum Gasteiger partial charge on any atom is 0.230 e. The summed E-state index contributed by atoms with van der Waals surface area (Å²) in [6.07, 6.45) is 0. The third-order valence-corrected chi connectivity index (χ3v) is 6.23. The fraction of sp³-hybridized carbons (Fsp3) is 0.238. The summed E-state index contributed by atoms with van der Waals surface area (Å²) in [5.41, 5.74) is 4.11. The number of hydrogen-bond acceptors (Lipinski definition) is 5. The largest absolute Gasteiger partial charge is 0.497 e. The Hall–Kier alpha value is -2.31.